The summed E-state index contributed by atoms with van der Waals surface area (Å²) in [5.74, 6) is 0. The highest BCUT2D eigenvalue weighted by Crippen LogP contribution is 1.97. The number of hydrogen-bond acceptors (Lipinski definition) is 7. The van der Waals surface area contributed by atoms with E-state index in [0.717, 1.165) is 0 Å². The van der Waals surface area contributed by atoms with Gasteiger partial charge < -0.3 is 0 Å². The highest BCUT2D eigenvalue weighted by molar-refractivity contribution is 7.83. The summed E-state index contributed by atoms with van der Waals surface area (Å²) >= 11 is 0. The lowest BCUT2D eigenvalue weighted by Gasteiger charge is -1.96. The van der Waals surface area contributed by atoms with Crippen LogP contribution < -0.4 is 0 Å². The van der Waals surface area contributed by atoms with Gasteiger partial charge in [-0.2, -0.15) is 16.8 Å². The second-order valence-corrected chi connectivity index (χ2v) is 3.42. The Labute approximate surface area is 62.9 Å². The van der Waals surface area contributed by atoms with Crippen molar-refractivity contribution in [3.05, 3.63) is 0 Å². The average Bonchev–Trinajstić information content (AvgIpc) is 1.83. The third kappa shape index (κ3) is 6.15. The molecule has 0 fully saturated rings. The Bertz CT molecular complexity index is 293. The van der Waals surface area contributed by atoms with Crippen LogP contribution in [0.25, 0.3) is 0 Å². The molecule has 0 aromatic heterocycles. The highest BCUT2D eigenvalue weighted by Gasteiger charge is 2.16. The van der Waals surface area contributed by atoms with Crippen molar-refractivity contribution in [1.82, 2.24) is 0 Å². The summed E-state index contributed by atoms with van der Waals surface area (Å²) in [5, 5.41) is 0. The zero-order valence-corrected chi connectivity index (χ0v) is 6.75. The first-order chi connectivity index (χ1) is 4.77. The zero-order chi connectivity index (χ0) is 9.12. The summed E-state index contributed by atoms with van der Waals surface area (Å²) in [6.07, 6.45) is 0. The van der Waals surface area contributed by atoms with Gasteiger partial charge in [-0.3, -0.25) is 4.55 Å². The molecule has 0 atom stereocenters. The normalized spacial score (nSPS) is 13.3. The Kier molecular flexibility index (Phi) is 3.34. The minimum Gasteiger partial charge on any atom is -0.262 e. The van der Waals surface area contributed by atoms with Crippen molar-refractivity contribution in [3.8, 4) is 0 Å². The van der Waals surface area contributed by atoms with E-state index in [-0.39, 0.29) is 0 Å². The van der Waals surface area contributed by atoms with Crippen molar-refractivity contribution in [2.45, 2.75) is 0 Å². The molecular formula is CH4O8S2. The lowest BCUT2D eigenvalue weighted by molar-refractivity contribution is -0.107. The Morgan fingerprint density at radius 1 is 1.09 bits per heavy atom. The molecule has 0 rings (SSSR count). The molecule has 0 aromatic rings. The standard InChI is InChI=1S/CH4O8S2/c1-7-11(5,6)9-8-10(2,3)4/h1H3,(H,2,3,4). The molecule has 0 saturated carbocycles. The Balaban J connectivity index is 4.13. The smallest absolute Gasteiger partial charge is 0.262 e. The van der Waals surface area contributed by atoms with E-state index >= 15 is 0 Å². The van der Waals surface area contributed by atoms with Gasteiger partial charge in [-0.1, -0.05) is 8.67 Å². The molecule has 0 radical (unpaired) electrons. The topological polar surface area (TPSA) is 116 Å². The van der Waals surface area contributed by atoms with Crippen molar-refractivity contribution in [2.75, 3.05) is 7.11 Å². The lowest BCUT2D eigenvalue weighted by Crippen LogP contribution is -2.12. The molecule has 10 heteroatoms. The minimum absolute atomic E-state index is 0.711. The molecule has 0 saturated heterocycles. The van der Waals surface area contributed by atoms with Gasteiger partial charge in [0.05, 0.1) is 7.11 Å². The van der Waals surface area contributed by atoms with Gasteiger partial charge >= 0.3 is 20.8 Å². The largest absolute Gasteiger partial charge is 0.427 e. The van der Waals surface area contributed by atoms with Gasteiger partial charge in [0.25, 0.3) is 0 Å². The fourth-order valence-electron chi connectivity index (χ4n) is 0.0969. The van der Waals surface area contributed by atoms with Crippen molar-refractivity contribution in [2.24, 2.45) is 0 Å². The van der Waals surface area contributed by atoms with Crippen molar-refractivity contribution in [3.63, 3.8) is 0 Å². The molecule has 0 unspecified atom stereocenters. The van der Waals surface area contributed by atoms with Crippen molar-refractivity contribution < 1.29 is 34.2 Å². The van der Waals surface area contributed by atoms with E-state index in [0.29, 0.717) is 7.11 Å². The third-order valence-corrected chi connectivity index (χ3v) is 1.37. The van der Waals surface area contributed by atoms with Crippen LogP contribution in [-0.2, 0) is 33.6 Å². The molecule has 0 aliphatic carbocycles. The van der Waals surface area contributed by atoms with E-state index in [1.807, 2.05) is 0 Å². The van der Waals surface area contributed by atoms with Crippen molar-refractivity contribution >= 4 is 20.8 Å². The van der Waals surface area contributed by atoms with Crippen LogP contribution in [0, 0.1) is 0 Å². The number of rotatable bonds is 4. The van der Waals surface area contributed by atoms with Gasteiger partial charge in [0.2, 0.25) is 0 Å². The van der Waals surface area contributed by atoms with Crippen LogP contribution in [0.15, 0.2) is 0 Å². The molecule has 8 nitrogen and oxygen atoms in total. The fourth-order valence-corrected chi connectivity index (χ4v) is 0.705. The van der Waals surface area contributed by atoms with Crippen LogP contribution >= 0.6 is 0 Å². The molecule has 0 bridgehead atoms. The predicted molar refractivity (Wildman–Crippen MR) is 29.6 cm³/mol. The van der Waals surface area contributed by atoms with Crippen LogP contribution in [0.1, 0.15) is 0 Å². The van der Waals surface area contributed by atoms with Crippen molar-refractivity contribution in [1.29, 1.82) is 0 Å². The lowest BCUT2D eigenvalue weighted by atomic mass is 11.8. The van der Waals surface area contributed by atoms with E-state index in [1.165, 1.54) is 0 Å². The molecule has 0 heterocycles. The maximum absolute atomic E-state index is 10.1. The molecule has 0 aliphatic heterocycles. The highest BCUT2D eigenvalue weighted by atomic mass is 32.3. The maximum atomic E-state index is 10.1. The van der Waals surface area contributed by atoms with Crippen LogP contribution in [0.2, 0.25) is 0 Å². The summed E-state index contributed by atoms with van der Waals surface area (Å²) in [5.41, 5.74) is 0. The Morgan fingerprint density at radius 2 is 1.55 bits per heavy atom. The molecule has 11 heavy (non-hydrogen) atoms. The van der Waals surface area contributed by atoms with E-state index < -0.39 is 20.8 Å². The minimum atomic E-state index is -4.95. The maximum Gasteiger partial charge on any atom is 0.427 e. The van der Waals surface area contributed by atoms with E-state index in [9.17, 15) is 16.8 Å². The summed E-state index contributed by atoms with van der Waals surface area (Å²) in [6, 6.07) is 0. The third-order valence-electron chi connectivity index (χ3n) is 0.401. The molecule has 0 aliphatic rings. The molecule has 68 valence electrons. The molecular weight excluding hydrogens is 204 g/mol. The second kappa shape index (κ2) is 3.42. The van der Waals surface area contributed by atoms with Gasteiger partial charge in [-0.05, 0) is 0 Å². The second-order valence-electron chi connectivity index (χ2n) is 1.14. The van der Waals surface area contributed by atoms with Gasteiger partial charge in [-0.25, -0.2) is 4.18 Å². The van der Waals surface area contributed by atoms with Crippen LogP contribution in [0.4, 0.5) is 0 Å². The molecule has 0 spiro atoms. The fraction of sp³-hybridized carbons (Fsp3) is 1.00. The first kappa shape index (κ1) is 10.7. The SMILES string of the molecule is COS(=O)(=O)OOS(=O)(=O)O. The number of hydrogen-bond donors (Lipinski definition) is 1. The van der Waals surface area contributed by atoms with E-state index in [1.54, 1.807) is 0 Å². The first-order valence-electron chi connectivity index (χ1n) is 1.92. The average molecular weight is 208 g/mol. The molecule has 1 N–H and O–H groups in total. The quantitative estimate of drug-likeness (QED) is 0.341. The first-order valence-corrected chi connectivity index (χ1v) is 4.62. The Morgan fingerprint density at radius 3 is 1.82 bits per heavy atom. The summed E-state index contributed by atoms with van der Waals surface area (Å²) in [4.78, 5) is 0. The van der Waals surface area contributed by atoms with Gasteiger partial charge in [-0.15, -0.1) is 0 Å². The van der Waals surface area contributed by atoms with Crippen LogP contribution in [0.3, 0.4) is 0 Å². The summed E-state index contributed by atoms with van der Waals surface area (Å²) in [6.45, 7) is 0. The predicted octanol–water partition coefficient (Wildman–Crippen LogP) is -1.37. The van der Waals surface area contributed by atoms with Crippen LogP contribution in [-0.4, -0.2) is 28.5 Å². The summed E-state index contributed by atoms with van der Waals surface area (Å²) < 4.78 is 57.1. The monoisotopic (exact) mass is 208 g/mol. The molecule has 0 aromatic carbocycles. The molecule has 0 amide bonds. The van der Waals surface area contributed by atoms with Gasteiger partial charge in [0.15, 0.2) is 0 Å². The van der Waals surface area contributed by atoms with E-state index in [4.69, 9.17) is 4.55 Å². The van der Waals surface area contributed by atoms with E-state index in [2.05, 4.69) is 12.9 Å². The zero-order valence-electron chi connectivity index (χ0n) is 5.12. The van der Waals surface area contributed by atoms with Crippen LogP contribution in [0.5, 0.6) is 0 Å². The van der Waals surface area contributed by atoms with Gasteiger partial charge in [0, 0.05) is 0 Å². The Hall–Kier alpha value is -0.260. The summed E-state index contributed by atoms with van der Waals surface area (Å²) in [7, 11) is -8.75. The van der Waals surface area contributed by atoms with Gasteiger partial charge in [0.1, 0.15) is 0 Å².